The van der Waals surface area contributed by atoms with Gasteiger partial charge in [-0.2, -0.15) is 0 Å². The number of carbonyl (C=O) groups is 3. The first-order valence-corrected chi connectivity index (χ1v) is 18.0. The second-order valence-corrected chi connectivity index (χ2v) is 15.3. The van der Waals surface area contributed by atoms with Crippen LogP contribution in [-0.2, 0) is 16.1 Å². The first-order valence-electron chi connectivity index (χ1n) is 17.6. The van der Waals surface area contributed by atoms with E-state index in [4.69, 9.17) is 11.6 Å². The fraction of sp³-hybridized carbons (Fsp3) is 0.605. The molecule has 47 heavy (non-hydrogen) atoms. The van der Waals surface area contributed by atoms with E-state index in [0.29, 0.717) is 29.5 Å². The molecule has 5 rings (SSSR count). The van der Waals surface area contributed by atoms with Crippen LogP contribution in [0.3, 0.4) is 0 Å². The maximum atomic E-state index is 13.8. The summed E-state index contributed by atoms with van der Waals surface area (Å²) in [5, 5.41) is 10.1. The molecule has 0 aromatic heterocycles. The van der Waals surface area contributed by atoms with Gasteiger partial charge in [0.2, 0.25) is 11.8 Å². The lowest BCUT2D eigenvalue weighted by Gasteiger charge is -2.35. The minimum atomic E-state index is -1.02. The Morgan fingerprint density at radius 2 is 1.70 bits per heavy atom. The third-order valence-electron chi connectivity index (χ3n) is 10.7. The van der Waals surface area contributed by atoms with Gasteiger partial charge in [-0.05, 0) is 113 Å². The Hall–Kier alpha value is -2.94. The average Bonchev–Trinajstić information content (AvgIpc) is 3.70. The van der Waals surface area contributed by atoms with Crippen molar-refractivity contribution in [3.05, 3.63) is 70.2 Å². The third-order valence-corrected chi connectivity index (χ3v) is 10.9. The van der Waals surface area contributed by atoms with E-state index in [1.54, 1.807) is 0 Å². The molecule has 2 aliphatic carbocycles. The van der Waals surface area contributed by atoms with Crippen molar-refractivity contribution in [3.63, 3.8) is 0 Å². The molecular formula is C38H54ClN5O3. The van der Waals surface area contributed by atoms with E-state index in [0.717, 1.165) is 56.4 Å². The fourth-order valence-electron chi connectivity index (χ4n) is 7.57. The average molecular weight is 664 g/mol. The van der Waals surface area contributed by atoms with Crippen molar-refractivity contribution in [1.29, 1.82) is 0 Å². The highest BCUT2D eigenvalue weighted by molar-refractivity contribution is 6.30. The van der Waals surface area contributed by atoms with Crippen LogP contribution >= 0.6 is 11.6 Å². The van der Waals surface area contributed by atoms with Gasteiger partial charge in [0.1, 0.15) is 11.6 Å². The molecule has 0 spiro atoms. The van der Waals surface area contributed by atoms with Crippen molar-refractivity contribution in [1.82, 2.24) is 25.8 Å². The van der Waals surface area contributed by atoms with E-state index in [-0.39, 0.29) is 41.5 Å². The first kappa shape index (κ1) is 35.4. The second-order valence-electron chi connectivity index (χ2n) is 14.9. The molecule has 2 aromatic rings. The largest absolute Gasteiger partial charge is 0.351 e. The van der Waals surface area contributed by atoms with E-state index in [9.17, 15) is 14.4 Å². The predicted octanol–water partition coefficient (Wildman–Crippen LogP) is 5.75. The van der Waals surface area contributed by atoms with Gasteiger partial charge in [0.15, 0.2) is 0 Å². The van der Waals surface area contributed by atoms with Gasteiger partial charge >= 0.3 is 0 Å². The lowest BCUT2D eigenvalue weighted by Crippen LogP contribution is -2.57. The zero-order valence-corrected chi connectivity index (χ0v) is 29.6. The van der Waals surface area contributed by atoms with Gasteiger partial charge in [-0.15, -0.1) is 0 Å². The van der Waals surface area contributed by atoms with Gasteiger partial charge in [0.25, 0.3) is 5.91 Å². The number of hydrogen-bond donors (Lipinski definition) is 3. The number of piperidine rings is 1. The molecule has 3 unspecified atom stereocenters. The fourth-order valence-corrected chi connectivity index (χ4v) is 7.77. The molecule has 256 valence electrons. The monoisotopic (exact) mass is 663 g/mol. The molecule has 3 fully saturated rings. The smallest absolute Gasteiger partial charge is 0.252 e. The summed E-state index contributed by atoms with van der Waals surface area (Å²) in [6, 6.07) is 15.5. The quantitative estimate of drug-likeness (QED) is 0.269. The minimum absolute atomic E-state index is 0.0257. The Morgan fingerprint density at radius 3 is 2.34 bits per heavy atom. The molecule has 8 nitrogen and oxygen atoms in total. The van der Waals surface area contributed by atoms with E-state index in [1.165, 1.54) is 12.8 Å². The van der Waals surface area contributed by atoms with E-state index < -0.39 is 11.6 Å². The highest BCUT2D eigenvalue weighted by atomic mass is 35.5. The number of nitrogens with one attached hydrogen (secondary N) is 3. The number of hydrogen-bond acceptors (Lipinski definition) is 5. The van der Waals surface area contributed by atoms with Crippen molar-refractivity contribution in [2.45, 2.75) is 108 Å². The molecule has 0 bridgehead atoms. The Kier molecular flexibility index (Phi) is 11.7. The standard InChI is InChI=1S/C38H54ClN5O3/c1-25(2)21-34(36(46)40-33-12-7-6-11-32(33)29-9-8-10-30(39)22-29)41-37(47)38(23-26(38)3)42-35(45)28-15-13-27(14-16-28)24-44(5)31-17-19-43(4)20-18-31/h8-10,13-16,22,25-26,31-34H,6-7,11-12,17-21,23-24H2,1-5H3,(H,40,46)(H,41,47)(H,42,45)/t26?,32-,33?,34-,38?/m0/s1. The van der Waals surface area contributed by atoms with E-state index in [1.807, 2.05) is 63.2 Å². The summed E-state index contributed by atoms with van der Waals surface area (Å²) in [4.78, 5) is 45.8. The van der Waals surface area contributed by atoms with Crippen LogP contribution in [0.1, 0.15) is 99.5 Å². The van der Waals surface area contributed by atoms with Crippen molar-refractivity contribution >= 4 is 29.3 Å². The Bertz CT molecular complexity index is 1390. The number of nitrogens with zero attached hydrogens (tertiary/aromatic N) is 2. The van der Waals surface area contributed by atoms with Gasteiger partial charge in [-0.1, -0.05) is 69.5 Å². The lowest BCUT2D eigenvalue weighted by molar-refractivity contribution is -0.131. The minimum Gasteiger partial charge on any atom is -0.351 e. The third kappa shape index (κ3) is 8.95. The Balaban J connectivity index is 1.20. The number of halogens is 1. The predicted molar refractivity (Wildman–Crippen MR) is 188 cm³/mol. The van der Waals surface area contributed by atoms with Gasteiger partial charge in [0.05, 0.1) is 0 Å². The van der Waals surface area contributed by atoms with Crippen LogP contribution in [0.4, 0.5) is 0 Å². The number of carbonyl (C=O) groups excluding carboxylic acids is 3. The molecule has 3 aliphatic rings. The van der Waals surface area contributed by atoms with Crippen LogP contribution in [0.2, 0.25) is 5.02 Å². The Morgan fingerprint density at radius 1 is 1.02 bits per heavy atom. The summed E-state index contributed by atoms with van der Waals surface area (Å²) < 4.78 is 0. The van der Waals surface area contributed by atoms with E-state index >= 15 is 0 Å². The summed E-state index contributed by atoms with van der Waals surface area (Å²) in [6.45, 7) is 9.14. The SMILES string of the molecule is CC(C)C[C@H](NC(=O)C1(NC(=O)c2ccc(CN(C)C3CCN(C)CC3)cc2)CC1C)C(=O)NC1CCCC[C@H]1c1cccc(Cl)c1. The molecule has 0 radical (unpaired) electrons. The highest BCUT2D eigenvalue weighted by Gasteiger charge is 2.59. The van der Waals surface area contributed by atoms with Gasteiger partial charge in [0, 0.05) is 35.1 Å². The molecule has 9 heteroatoms. The maximum Gasteiger partial charge on any atom is 0.252 e. The van der Waals surface area contributed by atoms with Crippen molar-refractivity contribution in [3.8, 4) is 0 Å². The topological polar surface area (TPSA) is 93.8 Å². The summed E-state index contributed by atoms with van der Waals surface area (Å²) >= 11 is 6.31. The lowest BCUT2D eigenvalue weighted by atomic mass is 9.80. The molecule has 5 atom stereocenters. The number of benzene rings is 2. The highest BCUT2D eigenvalue weighted by Crippen LogP contribution is 2.43. The molecule has 3 N–H and O–H groups in total. The summed E-state index contributed by atoms with van der Waals surface area (Å²) in [6.07, 6.45) is 7.40. The van der Waals surface area contributed by atoms with Gasteiger partial charge < -0.3 is 20.9 Å². The van der Waals surface area contributed by atoms with Crippen molar-refractivity contribution in [2.24, 2.45) is 11.8 Å². The molecule has 2 aromatic carbocycles. The molecule has 1 saturated heterocycles. The Labute approximate surface area is 286 Å². The normalized spacial score (nSPS) is 25.7. The van der Waals surface area contributed by atoms with Crippen molar-refractivity contribution in [2.75, 3.05) is 27.2 Å². The van der Waals surface area contributed by atoms with Crippen LogP contribution < -0.4 is 16.0 Å². The van der Waals surface area contributed by atoms with Crippen LogP contribution in [-0.4, -0.2) is 78.4 Å². The van der Waals surface area contributed by atoms with Gasteiger partial charge in [-0.3, -0.25) is 19.3 Å². The van der Waals surface area contributed by atoms with Gasteiger partial charge in [-0.25, -0.2) is 0 Å². The second kappa shape index (κ2) is 15.5. The number of rotatable bonds is 12. The molecule has 3 amide bonds. The molecule has 1 heterocycles. The van der Waals surface area contributed by atoms with Crippen LogP contribution in [0.25, 0.3) is 0 Å². The zero-order chi connectivity index (χ0) is 33.7. The number of amides is 3. The van der Waals surface area contributed by atoms with Crippen LogP contribution in [0.5, 0.6) is 0 Å². The molecule has 2 saturated carbocycles. The summed E-state index contributed by atoms with van der Waals surface area (Å²) in [7, 11) is 4.35. The van der Waals surface area contributed by atoms with Crippen LogP contribution in [0, 0.1) is 11.8 Å². The van der Waals surface area contributed by atoms with E-state index in [2.05, 4.69) is 45.9 Å². The number of likely N-dealkylation sites (tertiary alicyclic amines) is 1. The summed E-state index contributed by atoms with van der Waals surface area (Å²) in [5.74, 6) is -0.372. The van der Waals surface area contributed by atoms with Crippen molar-refractivity contribution < 1.29 is 14.4 Å². The van der Waals surface area contributed by atoms with Crippen LogP contribution in [0.15, 0.2) is 48.5 Å². The zero-order valence-electron chi connectivity index (χ0n) is 28.9. The summed E-state index contributed by atoms with van der Waals surface area (Å²) in [5.41, 5.74) is 1.81. The molecule has 1 aliphatic heterocycles. The molecular weight excluding hydrogens is 610 g/mol. The first-order chi connectivity index (χ1) is 22.4. The maximum absolute atomic E-state index is 13.8.